The van der Waals surface area contributed by atoms with Crippen LogP contribution in [0.3, 0.4) is 0 Å². The van der Waals surface area contributed by atoms with Crippen LogP contribution in [0.2, 0.25) is 0 Å². The van der Waals surface area contributed by atoms with E-state index in [-0.39, 0.29) is 31.8 Å². The quantitative estimate of drug-likeness (QED) is 0.254. The molecule has 1 fully saturated rings. The molecule has 11 heteroatoms. The van der Waals surface area contributed by atoms with Crippen molar-refractivity contribution in [2.24, 2.45) is 11.7 Å². The molecule has 3 aromatic carbocycles. The fraction of sp³-hybridized carbons (Fsp3) is 0.417. The van der Waals surface area contributed by atoms with Crippen LogP contribution in [-0.4, -0.2) is 71.9 Å². The number of carboxylic acids is 1. The van der Waals surface area contributed by atoms with Crippen molar-refractivity contribution in [2.45, 2.75) is 57.7 Å². The second kappa shape index (κ2) is 14.1. The number of likely N-dealkylation sites (tertiary alicyclic amines) is 1. The van der Waals surface area contributed by atoms with Gasteiger partial charge in [-0.25, -0.2) is 0 Å². The Balaban J connectivity index is 1.33. The van der Waals surface area contributed by atoms with Gasteiger partial charge in [0.15, 0.2) is 11.5 Å². The summed E-state index contributed by atoms with van der Waals surface area (Å²) >= 11 is 0. The number of carboxylic acid groups (broad SMARTS) is 1. The van der Waals surface area contributed by atoms with Crippen LogP contribution in [0.4, 0.5) is 11.4 Å². The number of benzene rings is 3. The minimum atomic E-state index is -0.982. The minimum Gasteiger partial charge on any atom is -0.481 e. The van der Waals surface area contributed by atoms with Crippen molar-refractivity contribution in [3.05, 3.63) is 82.9 Å². The van der Waals surface area contributed by atoms with Crippen LogP contribution in [0.5, 0.6) is 11.5 Å². The highest BCUT2D eigenvalue weighted by Gasteiger charge is 2.48. The number of rotatable bonds is 13. The van der Waals surface area contributed by atoms with Crippen molar-refractivity contribution in [2.75, 3.05) is 42.8 Å². The summed E-state index contributed by atoms with van der Waals surface area (Å²) in [5, 5.41) is 20.8. The first kappa shape index (κ1) is 32.5. The van der Waals surface area contributed by atoms with E-state index in [2.05, 4.69) is 6.92 Å². The molecule has 2 amide bonds. The van der Waals surface area contributed by atoms with Crippen molar-refractivity contribution >= 4 is 29.2 Å². The van der Waals surface area contributed by atoms with Crippen molar-refractivity contribution in [1.29, 1.82) is 0 Å². The van der Waals surface area contributed by atoms with Crippen molar-refractivity contribution in [1.82, 2.24) is 4.90 Å². The molecule has 3 aliphatic heterocycles. The van der Waals surface area contributed by atoms with Crippen molar-refractivity contribution in [3.8, 4) is 11.5 Å². The summed E-state index contributed by atoms with van der Waals surface area (Å²) in [5.74, 6) is -1.60. The number of aliphatic carboxylic acids is 1. The highest BCUT2D eigenvalue weighted by Crippen LogP contribution is 2.45. The molecule has 6 rings (SSSR count). The number of aliphatic hydroxyl groups excluding tert-OH is 1. The zero-order valence-electron chi connectivity index (χ0n) is 26.6. The second-order valence-corrected chi connectivity index (χ2v) is 12.5. The Bertz CT molecular complexity index is 1650. The smallest absolute Gasteiger partial charge is 0.308 e. The number of carbonyl (C=O) groups excluding carboxylic acids is 2. The second-order valence-electron chi connectivity index (χ2n) is 12.5. The number of unbranched alkanes of at least 4 members (excludes halogenated alkanes) is 1. The topological polar surface area (TPSA) is 146 Å². The first-order valence-electron chi connectivity index (χ1n) is 16.3. The summed E-state index contributed by atoms with van der Waals surface area (Å²) in [6, 6.07) is 18.3. The number of anilines is 2. The Labute approximate surface area is 274 Å². The van der Waals surface area contributed by atoms with Crippen LogP contribution < -0.4 is 25.0 Å². The number of hydrogen-bond donors (Lipinski definition) is 3. The Morgan fingerprint density at radius 2 is 1.91 bits per heavy atom. The van der Waals surface area contributed by atoms with E-state index in [1.807, 2.05) is 53.4 Å². The number of para-hydroxylation sites is 1. The van der Waals surface area contributed by atoms with E-state index in [1.54, 1.807) is 21.9 Å². The largest absolute Gasteiger partial charge is 0.481 e. The molecule has 0 aromatic heterocycles. The van der Waals surface area contributed by atoms with Crippen LogP contribution in [0.15, 0.2) is 60.7 Å². The summed E-state index contributed by atoms with van der Waals surface area (Å²) < 4.78 is 11.2. The number of fused-ring (bicyclic) bond motifs is 2. The summed E-state index contributed by atoms with van der Waals surface area (Å²) in [6.07, 6.45) is 2.37. The molecule has 0 unspecified atom stereocenters. The third kappa shape index (κ3) is 6.56. The Hall–Kier alpha value is -4.45. The monoisotopic (exact) mass is 642 g/mol. The molecule has 0 radical (unpaired) electrons. The van der Waals surface area contributed by atoms with Gasteiger partial charge < -0.3 is 35.2 Å². The molecule has 4 N–H and O–H groups in total. The lowest BCUT2D eigenvalue weighted by molar-refractivity contribution is -0.143. The Kier molecular flexibility index (Phi) is 9.76. The lowest BCUT2D eigenvalue weighted by Gasteiger charge is -2.31. The molecule has 47 heavy (non-hydrogen) atoms. The maximum absolute atomic E-state index is 14.2. The molecule has 248 valence electrons. The Morgan fingerprint density at radius 3 is 2.68 bits per heavy atom. The molecule has 0 aliphatic carbocycles. The van der Waals surface area contributed by atoms with Crippen LogP contribution in [0.1, 0.15) is 54.4 Å². The Morgan fingerprint density at radius 1 is 1.09 bits per heavy atom. The SMILES string of the molecule is CCCCN(C(=O)CN1C[C@H](c2cc(CO)c3c(c2)OCO3)[C@@H](C(=O)O)[C@@H]1CCN1C(=O)Cc2ccccc21)c1cccc(CN)c1. The van der Waals surface area contributed by atoms with E-state index in [1.165, 1.54) is 0 Å². The molecule has 11 nitrogen and oxygen atoms in total. The fourth-order valence-electron chi connectivity index (χ4n) is 7.28. The van der Waals surface area contributed by atoms with Gasteiger partial charge in [0.1, 0.15) is 0 Å². The van der Waals surface area contributed by atoms with Gasteiger partial charge >= 0.3 is 5.97 Å². The van der Waals surface area contributed by atoms with Crippen LogP contribution >= 0.6 is 0 Å². The summed E-state index contributed by atoms with van der Waals surface area (Å²) in [7, 11) is 0. The standard InChI is InChI=1S/C36H42N4O7/c1-2-3-12-39(27-9-6-7-23(14-27)18-37)33(43)20-38-19-28(25-15-26(21-41)35-31(16-25)46-22-47-35)34(36(44)45)30(38)11-13-40-29-10-5-4-8-24(29)17-32(40)42/h4-10,14-16,28,30,34,41H,2-3,11-13,17-22,37H2,1H3,(H,44,45)/t28-,30+,34-/m1/s1. The molecule has 3 atom stereocenters. The summed E-state index contributed by atoms with van der Waals surface area (Å²) in [4.78, 5) is 45.8. The summed E-state index contributed by atoms with van der Waals surface area (Å²) in [6.45, 7) is 3.30. The number of aliphatic hydroxyl groups is 1. The van der Waals surface area contributed by atoms with E-state index >= 15 is 0 Å². The number of nitrogens with two attached hydrogens (primary N) is 1. The molecule has 3 heterocycles. The van der Waals surface area contributed by atoms with Gasteiger partial charge in [-0.1, -0.05) is 43.7 Å². The maximum Gasteiger partial charge on any atom is 0.308 e. The molecular formula is C36H42N4O7. The number of carbonyl (C=O) groups is 3. The number of amides is 2. The van der Waals surface area contributed by atoms with E-state index in [0.29, 0.717) is 61.6 Å². The molecule has 0 saturated carbocycles. The predicted molar refractivity (Wildman–Crippen MR) is 176 cm³/mol. The number of hydrogen-bond acceptors (Lipinski definition) is 8. The third-order valence-electron chi connectivity index (χ3n) is 9.61. The number of ether oxygens (including phenoxy) is 2. The van der Waals surface area contributed by atoms with E-state index in [4.69, 9.17) is 15.2 Å². The maximum atomic E-state index is 14.2. The van der Waals surface area contributed by atoms with Gasteiger partial charge in [0.05, 0.1) is 25.5 Å². The fourth-order valence-corrected chi connectivity index (χ4v) is 7.28. The highest BCUT2D eigenvalue weighted by atomic mass is 16.7. The third-order valence-corrected chi connectivity index (χ3v) is 9.61. The average Bonchev–Trinajstić information content (AvgIpc) is 3.78. The van der Waals surface area contributed by atoms with Crippen molar-refractivity contribution < 1.29 is 34.1 Å². The lowest BCUT2D eigenvalue weighted by Crippen LogP contribution is -2.46. The lowest BCUT2D eigenvalue weighted by atomic mass is 9.83. The van der Waals surface area contributed by atoms with E-state index < -0.39 is 23.8 Å². The van der Waals surface area contributed by atoms with Crippen LogP contribution in [0.25, 0.3) is 0 Å². The van der Waals surface area contributed by atoms with Gasteiger partial charge in [-0.15, -0.1) is 0 Å². The van der Waals surface area contributed by atoms with Gasteiger partial charge in [0.25, 0.3) is 0 Å². The molecule has 0 spiro atoms. The summed E-state index contributed by atoms with van der Waals surface area (Å²) in [5.41, 5.74) is 10.6. The van der Waals surface area contributed by atoms with Gasteiger partial charge in [-0.3, -0.25) is 19.3 Å². The molecule has 1 saturated heterocycles. The highest BCUT2D eigenvalue weighted by molar-refractivity contribution is 6.01. The van der Waals surface area contributed by atoms with E-state index in [0.717, 1.165) is 35.3 Å². The van der Waals surface area contributed by atoms with Crippen LogP contribution in [0, 0.1) is 5.92 Å². The van der Waals surface area contributed by atoms with E-state index in [9.17, 15) is 24.6 Å². The van der Waals surface area contributed by atoms with Crippen LogP contribution in [-0.2, 0) is 34.0 Å². The number of nitrogens with zero attached hydrogens (tertiary/aromatic N) is 3. The van der Waals surface area contributed by atoms with Gasteiger partial charge in [-0.05, 0) is 59.9 Å². The van der Waals surface area contributed by atoms with Crippen molar-refractivity contribution in [3.63, 3.8) is 0 Å². The first-order valence-corrected chi connectivity index (χ1v) is 16.3. The molecule has 0 bridgehead atoms. The van der Waals surface area contributed by atoms with Gasteiger partial charge in [-0.2, -0.15) is 0 Å². The zero-order chi connectivity index (χ0) is 33.1. The minimum absolute atomic E-state index is 0.00343. The molecular weight excluding hydrogens is 600 g/mol. The predicted octanol–water partition coefficient (Wildman–Crippen LogP) is 3.65. The average molecular weight is 643 g/mol. The molecule has 3 aliphatic rings. The normalized spacial score (nSPS) is 20.1. The molecule has 3 aromatic rings. The zero-order valence-corrected chi connectivity index (χ0v) is 26.6. The van der Waals surface area contributed by atoms with Gasteiger partial charge in [0, 0.05) is 55.1 Å². The van der Waals surface area contributed by atoms with Gasteiger partial charge in [0.2, 0.25) is 18.6 Å². The first-order chi connectivity index (χ1) is 22.8.